The van der Waals surface area contributed by atoms with Crippen molar-refractivity contribution in [3.63, 3.8) is 0 Å². The minimum atomic E-state index is -0.0874. The Morgan fingerprint density at radius 1 is 1.77 bits per heavy atom. The molecule has 0 fully saturated rings. The highest BCUT2D eigenvalue weighted by Gasteiger charge is 2.11. The van der Waals surface area contributed by atoms with Crippen molar-refractivity contribution in [2.75, 3.05) is 6.54 Å². The van der Waals surface area contributed by atoms with Gasteiger partial charge < -0.3 is 5.32 Å². The average molecular weight is 293 g/mol. The SMILES string of the molecule is CC(C)CNC(=O)c1[nH]ncc1I. The molecule has 1 amide bonds. The van der Waals surface area contributed by atoms with Crippen molar-refractivity contribution in [2.45, 2.75) is 13.8 Å². The second kappa shape index (κ2) is 4.59. The third-order valence-electron chi connectivity index (χ3n) is 1.49. The van der Waals surface area contributed by atoms with Crippen LogP contribution in [0.25, 0.3) is 0 Å². The normalized spacial score (nSPS) is 10.5. The Morgan fingerprint density at radius 3 is 2.92 bits per heavy atom. The van der Waals surface area contributed by atoms with Crippen LogP contribution in [0.3, 0.4) is 0 Å². The number of halogens is 1. The van der Waals surface area contributed by atoms with E-state index in [9.17, 15) is 4.79 Å². The molecule has 0 spiro atoms. The third-order valence-corrected chi connectivity index (χ3v) is 2.31. The number of aromatic nitrogens is 2. The summed E-state index contributed by atoms with van der Waals surface area (Å²) < 4.78 is 0.846. The van der Waals surface area contributed by atoms with Gasteiger partial charge >= 0.3 is 0 Å². The summed E-state index contributed by atoms with van der Waals surface area (Å²) in [5.74, 6) is 0.375. The predicted octanol–water partition coefficient (Wildman–Crippen LogP) is 1.40. The zero-order valence-electron chi connectivity index (χ0n) is 7.60. The first-order chi connectivity index (χ1) is 6.11. The van der Waals surface area contributed by atoms with E-state index in [4.69, 9.17) is 0 Å². The Kier molecular flexibility index (Phi) is 3.71. The standard InChI is InChI=1S/C8H12IN3O/c1-5(2)3-10-8(13)7-6(9)4-11-12-7/h4-5H,3H2,1-2H3,(H,10,13)(H,11,12). The zero-order valence-corrected chi connectivity index (χ0v) is 9.75. The van der Waals surface area contributed by atoms with Gasteiger partial charge in [0.2, 0.25) is 0 Å². The molecule has 1 aromatic heterocycles. The monoisotopic (exact) mass is 293 g/mol. The predicted molar refractivity (Wildman–Crippen MR) is 58.5 cm³/mol. The van der Waals surface area contributed by atoms with E-state index < -0.39 is 0 Å². The fourth-order valence-corrected chi connectivity index (χ4v) is 1.32. The van der Waals surface area contributed by atoms with Gasteiger partial charge in [-0.2, -0.15) is 5.10 Å². The molecule has 72 valence electrons. The van der Waals surface area contributed by atoms with Crippen LogP contribution in [0.1, 0.15) is 24.3 Å². The molecule has 0 aromatic carbocycles. The van der Waals surface area contributed by atoms with Crippen LogP contribution in [0.15, 0.2) is 6.20 Å². The highest BCUT2D eigenvalue weighted by Crippen LogP contribution is 2.07. The number of H-pyrrole nitrogens is 1. The first-order valence-corrected chi connectivity index (χ1v) is 5.16. The van der Waals surface area contributed by atoms with Crippen molar-refractivity contribution < 1.29 is 4.79 Å². The van der Waals surface area contributed by atoms with Crippen LogP contribution in [0.2, 0.25) is 0 Å². The largest absolute Gasteiger partial charge is 0.350 e. The Morgan fingerprint density at radius 2 is 2.46 bits per heavy atom. The van der Waals surface area contributed by atoms with Crippen LogP contribution in [-0.4, -0.2) is 22.6 Å². The molecule has 13 heavy (non-hydrogen) atoms. The molecular formula is C8H12IN3O. The number of nitrogens with zero attached hydrogens (tertiary/aromatic N) is 1. The lowest BCUT2D eigenvalue weighted by molar-refractivity contribution is 0.0943. The lowest BCUT2D eigenvalue weighted by Crippen LogP contribution is -2.28. The number of carbonyl (C=O) groups is 1. The summed E-state index contributed by atoms with van der Waals surface area (Å²) in [4.78, 5) is 11.4. The Bertz CT molecular complexity index is 295. The highest BCUT2D eigenvalue weighted by atomic mass is 127. The van der Waals surface area contributed by atoms with Gasteiger partial charge in [-0.1, -0.05) is 13.8 Å². The van der Waals surface area contributed by atoms with Crippen molar-refractivity contribution in [3.8, 4) is 0 Å². The quantitative estimate of drug-likeness (QED) is 0.828. The second-order valence-corrected chi connectivity index (χ2v) is 4.36. The smallest absolute Gasteiger partial charge is 0.270 e. The molecule has 4 nitrogen and oxygen atoms in total. The van der Waals surface area contributed by atoms with Gasteiger partial charge in [0.15, 0.2) is 0 Å². The zero-order chi connectivity index (χ0) is 9.84. The van der Waals surface area contributed by atoms with Gasteiger partial charge in [0.25, 0.3) is 5.91 Å². The van der Waals surface area contributed by atoms with Gasteiger partial charge in [0.1, 0.15) is 5.69 Å². The molecule has 0 radical (unpaired) electrons. The van der Waals surface area contributed by atoms with Gasteiger partial charge in [-0.3, -0.25) is 9.89 Å². The molecule has 0 aliphatic rings. The van der Waals surface area contributed by atoms with Crippen LogP contribution in [0, 0.1) is 9.49 Å². The maximum Gasteiger partial charge on any atom is 0.270 e. The van der Waals surface area contributed by atoms with E-state index in [0.29, 0.717) is 18.2 Å². The van der Waals surface area contributed by atoms with Crippen molar-refractivity contribution in [1.29, 1.82) is 0 Å². The molecule has 1 rings (SSSR count). The van der Waals surface area contributed by atoms with Crippen molar-refractivity contribution in [2.24, 2.45) is 5.92 Å². The number of rotatable bonds is 3. The first kappa shape index (κ1) is 10.5. The Labute approximate surface area is 90.6 Å². The molecule has 2 N–H and O–H groups in total. The van der Waals surface area contributed by atoms with E-state index in [-0.39, 0.29) is 5.91 Å². The van der Waals surface area contributed by atoms with E-state index in [1.807, 2.05) is 0 Å². The number of amides is 1. The summed E-state index contributed by atoms with van der Waals surface area (Å²) in [6, 6.07) is 0. The van der Waals surface area contributed by atoms with Gasteiger partial charge in [0, 0.05) is 6.54 Å². The van der Waals surface area contributed by atoms with Gasteiger partial charge in [-0.25, -0.2) is 0 Å². The minimum absolute atomic E-state index is 0.0874. The van der Waals surface area contributed by atoms with E-state index in [1.54, 1.807) is 6.20 Å². The van der Waals surface area contributed by atoms with Crippen LogP contribution in [-0.2, 0) is 0 Å². The summed E-state index contributed by atoms with van der Waals surface area (Å²) in [6.45, 7) is 4.80. The molecule has 0 aliphatic carbocycles. The maximum atomic E-state index is 11.4. The van der Waals surface area contributed by atoms with Crippen LogP contribution in [0.4, 0.5) is 0 Å². The third kappa shape index (κ3) is 2.98. The maximum absolute atomic E-state index is 11.4. The molecule has 0 unspecified atom stereocenters. The summed E-state index contributed by atoms with van der Waals surface area (Å²) in [7, 11) is 0. The lowest BCUT2D eigenvalue weighted by atomic mass is 10.2. The number of aromatic amines is 1. The number of hydrogen-bond donors (Lipinski definition) is 2. The summed E-state index contributed by atoms with van der Waals surface area (Å²) >= 11 is 2.07. The van der Waals surface area contributed by atoms with E-state index >= 15 is 0 Å². The molecule has 0 saturated carbocycles. The Balaban J connectivity index is 2.54. The number of carbonyl (C=O) groups excluding carboxylic acids is 1. The molecule has 0 aliphatic heterocycles. The Hall–Kier alpha value is -0.590. The van der Waals surface area contributed by atoms with Crippen LogP contribution >= 0.6 is 22.6 Å². The van der Waals surface area contributed by atoms with E-state index in [1.165, 1.54) is 0 Å². The molecule has 0 saturated heterocycles. The highest BCUT2D eigenvalue weighted by molar-refractivity contribution is 14.1. The van der Waals surface area contributed by atoms with E-state index in [0.717, 1.165) is 3.57 Å². The van der Waals surface area contributed by atoms with E-state index in [2.05, 4.69) is 52.0 Å². The van der Waals surface area contributed by atoms with Crippen molar-refractivity contribution in [3.05, 3.63) is 15.5 Å². The lowest BCUT2D eigenvalue weighted by Gasteiger charge is -2.05. The van der Waals surface area contributed by atoms with Crippen LogP contribution < -0.4 is 5.32 Å². The topological polar surface area (TPSA) is 57.8 Å². The summed E-state index contributed by atoms with van der Waals surface area (Å²) in [5.41, 5.74) is 0.543. The fraction of sp³-hybridized carbons (Fsp3) is 0.500. The molecular weight excluding hydrogens is 281 g/mol. The summed E-state index contributed by atoms with van der Waals surface area (Å²) in [6.07, 6.45) is 1.63. The minimum Gasteiger partial charge on any atom is -0.350 e. The van der Waals surface area contributed by atoms with Crippen molar-refractivity contribution >= 4 is 28.5 Å². The summed E-state index contributed by atoms with van der Waals surface area (Å²) in [5, 5.41) is 9.25. The molecule has 1 aromatic rings. The molecule has 5 heteroatoms. The number of nitrogens with one attached hydrogen (secondary N) is 2. The first-order valence-electron chi connectivity index (χ1n) is 4.08. The van der Waals surface area contributed by atoms with Crippen molar-refractivity contribution in [1.82, 2.24) is 15.5 Å². The van der Waals surface area contributed by atoms with Gasteiger partial charge in [-0.15, -0.1) is 0 Å². The van der Waals surface area contributed by atoms with Gasteiger partial charge in [-0.05, 0) is 28.5 Å². The van der Waals surface area contributed by atoms with Crippen LogP contribution in [0.5, 0.6) is 0 Å². The molecule has 0 atom stereocenters. The molecule has 1 heterocycles. The number of hydrogen-bond acceptors (Lipinski definition) is 2. The second-order valence-electron chi connectivity index (χ2n) is 3.20. The molecule has 0 bridgehead atoms. The fourth-order valence-electron chi connectivity index (χ4n) is 0.816. The van der Waals surface area contributed by atoms with Gasteiger partial charge in [0.05, 0.1) is 9.77 Å². The average Bonchev–Trinajstić information content (AvgIpc) is 2.47.